The van der Waals surface area contributed by atoms with Crippen LogP contribution in [0.25, 0.3) is 6.08 Å². The van der Waals surface area contributed by atoms with E-state index in [0.717, 1.165) is 16.7 Å². The van der Waals surface area contributed by atoms with Gasteiger partial charge in [0.15, 0.2) is 18.1 Å². The largest absolute Gasteiger partial charge is 0.493 e. The number of nitrogens with zero attached hydrogens (tertiary/aromatic N) is 2. The van der Waals surface area contributed by atoms with E-state index >= 15 is 0 Å². The van der Waals surface area contributed by atoms with Crippen LogP contribution < -0.4 is 14.2 Å². The molecule has 1 aliphatic rings. The molecule has 30 heavy (non-hydrogen) atoms. The second-order valence-corrected chi connectivity index (χ2v) is 7.42. The summed E-state index contributed by atoms with van der Waals surface area (Å²) in [6.07, 6.45) is 1.61. The highest BCUT2D eigenvalue weighted by atomic mass is 35.5. The molecule has 0 spiro atoms. The number of hydrogen-bond acceptors (Lipinski definition) is 7. The van der Waals surface area contributed by atoms with Crippen molar-refractivity contribution in [3.8, 4) is 23.3 Å². The molecule has 7 nitrogen and oxygen atoms in total. The first-order valence-electron chi connectivity index (χ1n) is 8.83. The van der Waals surface area contributed by atoms with Gasteiger partial charge in [0, 0.05) is 5.02 Å². The SMILES string of the molecule is COc1cc(/C=C2\SC(=O)N(CCOc3ccc(Cl)cc3)C2=O)ccc1OCC#N. The smallest absolute Gasteiger partial charge is 0.293 e. The fraction of sp³-hybridized carbons (Fsp3) is 0.190. The number of hydrogen-bond donors (Lipinski definition) is 0. The summed E-state index contributed by atoms with van der Waals surface area (Å²) in [6.45, 7) is 0.202. The summed E-state index contributed by atoms with van der Waals surface area (Å²) >= 11 is 6.70. The lowest BCUT2D eigenvalue weighted by molar-refractivity contribution is -0.123. The summed E-state index contributed by atoms with van der Waals surface area (Å²) in [5.41, 5.74) is 0.666. The summed E-state index contributed by atoms with van der Waals surface area (Å²) in [5, 5.41) is 8.88. The zero-order chi connectivity index (χ0) is 21.5. The van der Waals surface area contributed by atoms with E-state index in [4.69, 9.17) is 31.1 Å². The molecule has 0 aliphatic carbocycles. The van der Waals surface area contributed by atoms with Gasteiger partial charge < -0.3 is 14.2 Å². The van der Waals surface area contributed by atoms with Crippen LogP contribution in [0.2, 0.25) is 5.02 Å². The van der Waals surface area contributed by atoms with Crippen molar-refractivity contribution in [3.63, 3.8) is 0 Å². The Morgan fingerprint density at radius 2 is 1.90 bits per heavy atom. The number of amides is 2. The lowest BCUT2D eigenvalue weighted by Crippen LogP contribution is -2.32. The fourth-order valence-electron chi connectivity index (χ4n) is 2.63. The molecule has 0 N–H and O–H groups in total. The molecule has 0 aromatic heterocycles. The first-order chi connectivity index (χ1) is 14.5. The van der Waals surface area contributed by atoms with Crippen LogP contribution in [-0.2, 0) is 4.79 Å². The molecule has 0 bridgehead atoms. The van der Waals surface area contributed by atoms with Gasteiger partial charge in [0.2, 0.25) is 0 Å². The van der Waals surface area contributed by atoms with Crippen LogP contribution in [0.5, 0.6) is 17.2 Å². The normalized spacial score (nSPS) is 14.7. The van der Waals surface area contributed by atoms with E-state index in [1.807, 2.05) is 6.07 Å². The maximum atomic E-state index is 12.6. The van der Waals surface area contributed by atoms with E-state index < -0.39 is 0 Å². The van der Waals surface area contributed by atoms with Crippen molar-refractivity contribution in [2.24, 2.45) is 0 Å². The minimum absolute atomic E-state index is 0.104. The third kappa shape index (κ3) is 5.26. The standard InChI is InChI=1S/C21H17ClN2O5S/c1-27-18-12-14(2-7-17(18)29-10-8-23)13-19-20(25)24(21(26)30-19)9-11-28-16-5-3-15(22)4-6-16/h2-7,12-13H,9-11H2,1H3/b19-13-. The molecule has 1 aliphatic heterocycles. The second-order valence-electron chi connectivity index (χ2n) is 5.99. The van der Waals surface area contributed by atoms with Crippen LogP contribution in [0.1, 0.15) is 5.56 Å². The van der Waals surface area contributed by atoms with E-state index in [9.17, 15) is 9.59 Å². The number of ether oxygens (including phenoxy) is 3. The third-order valence-electron chi connectivity index (χ3n) is 4.05. The van der Waals surface area contributed by atoms with Crippen molar-refractivity contribution in [1.82, 2.24) is 4.90 Å². The number of imide groups is 1. The molecule has 0 radical (unpaired) electrons. The van der Waals surface area contributed by atoms with Crippen molar-refractivity contribution in [2.75, 3.05) is 26.9 Å². The molecule has 0 atom stereocenters. The first-order valence-corrected chi connectivity index (χ1v) is 10.0. The third-order valence-corrected chi connectivity index (χ3v) is 5.21. The molecule has 1 fully saturated rings. The average Bonchev–Trinajstić information content (AvgIpc) is 3.01. The molecule has 2 amide bonds. The number of halogens is 1. The monoisotopic (exact) mass is 444 g/mol. The molecule has 1 saturated heterocycles. The number of carbonyl (C=O) groups excluding carboxylic acids is 2. The number of nitriles is 1. The van der Waals surface area contributed by atoms with E-state index in [-0.39, 0.29) is 30.9 Å². The summed E-state index contributed by atoms with van der Waals surface area (Å²) in [7, 11) is 1.48. The van der Waals surface area contributed by atoms with E-state index in [1.165, 1.54) is 7.11 Å². The molecular formula is C21H17ClN2O5S. The molecule has 2 aromatic rings. The molecule has 9 heteroatoms. The van der Waals surface area contributed by atoms with Gasteiger partial charge in [-0.2, -0.15) is 5.26 Å². The van der Waals surface area contributed by atoms with Crippen molar-refractivity contribution >= 4 is 40.6 Å². The summed E-state index contributed by atoms with van der Waals surface area (Å²) in [5.74, 6) is 1.07. The van der Waals surface area contributed by atoms with Crippen LogP contribution in [0.4, 0.5) is 4.79 Å². The summed E-state index contributed by atoms with van der Waals surface area (Å²) in [4.78, 5) is 26.3. The highest BCUT2D eigenvalue weighted by molar-refractivity contribution is 8.18. The maximum absolute atomic E-state index is 12.6. The number of carbonyl (C=O) groups is 2. The van der Waals surface area contributed by atoms with Crippen LogP contribution in [-0.4, -0.2) is 42.9 Å². The van der Waals surface area contributed by atoms with Crippen molar-refractivity contribution < 1.29 is 23.8 Å². The molecule has 154 valence electrons. The van der Waals surface area contributed by atoms with Crippen LogP contribution in [0, 0.1) is 11.3 Å². The Bertz CT molecular complexity index is 1020. The predicted molar refractivity (Wildman–Crippen MR) is 114 cm³/mol. The van der Waals surface area contributed by atoms with Gasteiger partial charge >= 0.3 is 0 Å². The van der Waals surface area contributed by atoms with Gasteiger partial charge in [-0.25, -0.2) is 0 Å². The Morgan fingerprint density at radius 1 is 1.13 bits per heavy atom. The lowest BCUT2D eigenvalue weighted by Gasteiger charge is -2.13. The fourth-order valence-corrected chi connectivity index (χ4v) is 3.62. The number of methoxy groups -OCH3 is 1. The Kier molecular flexibility index (Phi) is 7.22. The quantitative estimate of drug-likeness (QED) is 0.558. The second kappa shape index (κ2) is 10.1. The number of thioether (sulfide) groups is 1. The lowest BCUT2D eigenvalue weighted by atomic mass is 10.2. The van der Waals surface area contributed by atoms with E-state index in [0.29, 0.717) is 32.7 Å². The number of rotatable bonds is 8. The molecule has 3 rings (SSSR count). The summed E-state index contributed by atoms with van der Waals surface area (Å²) in [6, 6.07) is 13.7. The maximum Gasteiger partial charge on any atom is 0.293 e. The zero-order valence-corrected chi connectivity index (χ0v) is 17.5. The Morgan fingerprint density at radius 3 is 2.60 bits per heavy atom. The molecule has 1 heterocycles. The van der Waals surface area contributed by atoms with E-state index in [1.54, 1.807) is 48.5 Å². The zero-order valence-electron chi connectivity index (χ0n) is 16.0. The Hall–Kier alpha value is -3.15. The molecule has 0 unspecified atom stereocenters. The highest BCUT2D eigenvalue weighted by Crippen LogP contribution is 2.34. The molecular weight excluding hydrogens is 428 g/mol. The molecule has 2 aromatic carbocycles. The molecule has 0 saturated carbocycles. The van der Waals surface area contributed by atoms with Crippen molar-refractivity contribution in [3.05, 3.63) is 58.0 Å². The van der Waals surface area contributed by atoms with E-state index in [2.05, 4.69) is 0 Å². The highest BCUT2D eigenvalue weighted by Gasteiger charge is 2.34. The number of benzene rings is 2. The first kappa shape index (κ1) is 21.6. The van der Waals surface area contributed by atoms with Gasteiger partial charge in [-0.3, -0.25) is 14.5 Å². The van der Waals surface area contributed by atoms with Crippen LogP contribution in [0.15, 0.2) is 47.4 Å². The predicted octanol–water partition coefficient (Wildman–Crippen LogP) is 4.37. The topological polar surface area (TPSA) is 88.9 Å². The van der Waals surface area contributed by atoms with Gasteiger partial charge in [0.05, 0.1) is 18.6 Å². The van der Waals surface area contributed by atoms with Gasteiger partial charge in [-0.1, -0.05) is 17.7 Å². The Labute approximate surface area is 182 Å². The van der Waals surface area contributed by atoms with Gasteiger partial charge in [-0.05, 0) is 59.8 Å². The van der Waals surface area contributed by atoms with Gasteiger partial charge in [0.1, 0.15) is 18.4 Å². The van der Waals surface area contributed by atoms with Crippen molar-refractivity contribution in [2.45, 2.75) is 0 Å². The van der Waals surface area contributed by atoms with Crippen LogP contribution >= 0.6 is 23.4 Å². The minimum Gasteiger partial charge on any atom is -0.493 e. The minimum atomic E-state index is -0.381. The van der Waals surface area contributed by atoms with Crippen LogP contribution in [0.3, 0.4) is 0 Å². The average molecular weight is 445 g/mol. The van der Waals surface area contributed by atoms with Gasteiger partial charge in [-0.15, -0.1) is 0 Å². The Balaban J connectivity index is 1.65. The summed E-state index contributed by atoms with van der Waals surface area (Å²) < 4.78 is 16.1. The van der Waals surface area contributed by atoms with Gasteiger partial charge in [0.25, 0.3) is 11.1 Å². The van der Waals surface area contributed by atoms with Crippen molar-refractivity contribution in [1.29, 1.82) is 5.26 Å².